The van der Waals surface area contributed by atoms with E-state index >= 15 is 0 Å². The SMILES string of the molecule is C1=CC(c2cccs2)(c2cccs2)Cc2[nH]nc(-c3ccccc3)c21. The third-order valence-electron chi connectivity index (χ3n) is 4.84. The van der Waals surface area contributed by atoms with Gasteiger partial charge in [0.2, 0.25) is 0 Å². The normalized spacial score (nSPS) is 15.2. The molecule has 0 spiro atoms. The van der Waals surface area contributed by atoms with Crippen LogP contribution in [0.5, 0.6) is 0 Å². The number of benzene rings is 1. The molecule has 3 aromatic heterocycles. The monoisotopic (exact) mass is 360 g/mol. The zero-order chi connectivity index (χ0) is 16.7. The molecule has 2 nitrogen and oxygen atoms in total. The van der Waals surface area contributed by atoms with Crippen molar-refractivity contribution in [2.24, 2.45) is 0 Å². The van der Waals surface area contributed by atoms with Crippen molar-refractivity contribution < 1.29 is 0 Å². The standard InChI is InChI=1S/C21H16N2S2/c1-2-6-15(7-3-1)20-16-10-11-21(14-17(16)22-23-20,18-8-4-12-24-18)19-9-5-13-25-19/h1-13H,14H2,(H,22,23). The maximum absolute atomic E-state index is 4.63. The van der Waals surface area contributed by atoms with Crippen LogP contribution in [0.3, 0.4) is 0 Å². The van der Waals surface area contributed by atoms with Crippen molar-refractivity contribution in [2.45, 2.75) is 11.8 Å². The van der Waals surface area contributed by atoms with Gasteiger partial charge in [-0.15, -0.1) is 22.7 Å². The van der Waals surface area contributed by atoms with E-state index in [4.69, 9.17) is 0 Å². The van der Waals surface area contributed by atoms with Crippen LogP contribution in [0.2, 0.25) is 0 Å². The van der Waals surface area contributed by atoms with Crippen LogP contribution in [-0.2, 0) is 11.8 Å². The first-order valence-corrected chi connectivity index (χ1v) is 10.0. The quantitative estimate of drug-likeness (QED) is 0.495. The van der Waals surface area contributed by atoms with Crippen molar-refractivity contribution in [3.63, 3.8) is 0 Å². The van der Waals surface area contributed by atoms with Crippen molar-refractivity contribution in [3.8, 4) is 11.3 Å². The molecule has 5 rings (SSSR count). The number of hydrogen-bond acceptors (Lipinski definition) is 3. The Labute approximate surface area is 154 Å². The molecule has 0 radical (unpaired) electrons. The van der Waals surface area contributed by atoms with Gasteiger partial charge in [0.15, 0.2) is 0 Å². The van der Waals surface area contributed by atoms with E-state index in [1.165, 1.54) is 21.0 Å². The molecule has 4 heteroatoms. The van der Waals surface area contributed by atoms with E-state index in [0.29, 0.717) is 0 Å². The second-order valence-corrected chi connectivity index (χ2v) is 8.16. The van der Waals surface area contributed by atoms with Crippen molar-refractivity contribution in [1.82, 2.24) is 10.2 Å². The third kappa shape index (κ3) is 2.33. The average Bonchev–Trinajstić information content (AvgIpc) is 3.43. The minimum Gasteiger partial charge on any atom is -0.281 e. The van der Waals surface area contributed by atoms with Gasteiger partial charge >= 0.3 is 0 Å². The molecule has 1 aliphatic carbocycles. The molecule has 0 fully saturated rings. The summed E-state index contributed by atoms with van der Waals surface area (Å²) in [7, 11) is 0. The smallest absolute Gasteiger partial charge is 0.0995 e. The molecule has 0 bridgehead atoms. The fraction of sp³-hybridized carbons (Fsp3) is 0.0952. The van der Waals surface area contributed by atoms with Gasteiger partial charge in [-0.05, 0) is 22.9 Å². The van der Waals surface area contributed by atoms with Crippen molar-refractivity contribution >= 4 is 28.7 Å². The van der Waals surface area contributed by atoms with Gasteiger partial charge in [-0.25, -0.2) is 0 Å². The fourth-order valence-electron chi connectivity index (χ4n) is 3.61. The fourth-order valence-corrected chi connectivity index (χ4v) is 5.51. The summed E-state index contributed by atoms with van der Waals surface area (Å²) in [6.07, 6.45) is 5.54. The lowest BCUT2D eigenvalue weighted by molar-refractivity contribution is 0.645. The Bertz CT molecular complexity index is 975. The number of nitrogens with zero attached hydrogens (tertiary/aromatic N) is 1. The van der Waals surface area contributed by atoms with Crippen LogP contribution in [0.25, 0.3) is 17.3 Å². The third-order valence-corrected chi connectivity index (χ3v) is 6.94. The van der Waals surface area contributed by atoms with E-state index in [-0.39, 0.29) is 5.41 Å². The Morgan fingerprint density at radius 3 is 2.24 bits per heavy atom. The Kier molecular flexibility index (Phi) is 3.47. The van der Waals surface area contributed by atoms with Gasteiger partial charge in [0, 0.05) is 33.0 Å². The van der Waals surface area contributed by atoms with Crippen LogP contribution in [0.1, 0.15) is 21.0 Å². The topological polar surface area (TPSA) is 28.7 Å². The number of nitrogens with one attached hydrogen (secondary N) is 1. The van der Waals surface area contributed by atoms with Crippen molar-refractivity contribution in [3.05, 3.63) is 92.4 Å². The Morgan fingerprint density at radius 2 is 1.60 bits per heavy atom. The summed E-state index contributed by atoms with van der Waals surface area (Å²) in [6, 6.07) is 19.2. The second-order valence-electron chi connectivity index (χ2n) is 6.27. The van der Waals surface area contributed by atoms with Gasteiger partial charge in [0.25, 0.3) is 0 Å². The Morgan fingerprint density at radius 1 is 0.880 bits per heavy atom. The lowest BCUT2D eigenvalue weighted by atomic mass is 9.75. The number of allylic oxidation sites excluding steroid dienone is 1. The van der Waals surface area contributed by atoms with Crippen LogP contribution in [0, 0.1) is 0 Å². The number of aromatic amines is 1. The average molecular weight is 361 g/mol. The minimum atomic E-state index is -0.0875. The van der Waals surface area contributed by atoms with E-state index < -0.39 is 0 Å². The molecular weight excluding hydrogens is 344 g/mol. The zero-order valence-electron chi connectivity index (χ0n) is 13.5. The summed E-state index contributed by atoms with van der Waals surface area (Å²) in [5, 5.41) is 12.3. The highest BCUT2D eigenvalue weighted by molar-refractivity contribution is 7.11. The van der Waals surface area contributed by atoms with Crippen LogP contribution in [-0.4, -0.2) is 10.2 Å². The number of fused-ring (bicyclic) bond motifs is 1. The minimum absolute atomic E-state index is 0.0875. The van der Waals surface area contributed by atoms with Crippen molar-refractivity contribution in [1.29, 1.82) is 0 Å². The lowest BCUT2D eigenvalue weighted by Crippen LogP contribution is -2.28. The molecule has 4 aromatic rings. The number of aromatic nitrogens is 2. The van der Waals surface area contributed by atoms with E-state index in [2.05, 4.69) is 81.6 Å². The van der Waals surface area contributed by atoms with Gasteiger partial charge < -0.3 is 0 Å². The molecular formula is C21H16N2S2. The second kappa shape index (κ2) is 5.83. The van der Waals surface area contributed by atoms with Gasteiger partial charge in [0.05, 0.1) is 11.1 Å². The van der Waals surface area contributed by atoms with Gasteiger partial charge in [-0.2, -0.15) is 5.10 Å². The number of hydrogen-bond donors (Lipinski definition) is 1. The van der Waals surface area contributed by atoms with E-state index in [9.17, 15) is 0 Å². The number of H-pyrrole nitrogens is 1. The summed E-state index contributed by atoms with van der Waals surface area (Å²) < 4.78 is 0. The van der Waals surface area contributed by atoms with Crippen molar-refractivity contribution in [2.75, 3.05) is 0 Å². The van der Waals surface area contributed by atoms with Crippen LogP contribution in [0.15, 0.2) is 71.4 Å². The summed E-state index contributed by atoms with van der Waals surface area (Å²) >= 11 is 3.65. The van der Waals surface area contributed by atoms with Crippen LogP contribution < -0.4 is 0 Å². The molecule has 0 unspecified atom stereocenters. The maximum atomic E-state index is 4.63. The number of thiophene rings is 2. The van der Waals surface area contributed by atoms with E-state index in [0.717, 1.165) is 17.7 Å². The summed E-state index contributed by atoms with van der Waals surface area (Å²) in [4.78, 5) is 2.76. The zero-order valence-corrected chi connectivity index (χ0v) is 15.1. The van der Waals surface area contributed by atoms with Crippen LogP contribution in [0.4, 0.5) is 0 Å². The first-order valence-electron chi connectivity index (χ1n) is 8.27. The van der Waals surface area contributed by atoms with Gasteiger partial charge in [-0.1, -0.05) is 54.6 Å². The molecule has 0 aliphatic heterocycles. The highest BCUT2D eigenvalue weighted by Crippen LogP contribution is 2.45. The first-order chi connectivity index (χ1) is 12.4. The lowest BCUT2D eigenvalue weighted by Gasteiger charge is -2.31. The molecule has 0 amide bonds. The molecule has 25 heavy (non-hydrogen) atoms. The molecule has 1 aliphatic rings. The molecule has 0 atom stereocenters. The molecule has 1 N–H and O–H groups in total. The highest BCUT2D eigenvalue weighted by Gasteiger charge is 2.38. The maximum Gasteiger partial charge on any atom is 0.0995 e. The summed E-state index contributed by atoms with van der Waals surface area (Å²) in [6.45, 7) is 0. The molecule has 1 aromatic carbocycles. The van der Waals surface area contributed by atoms with Crippen LogP contribution >= 0.6 is 22.7 Å². The largest absolute Gasteiger partial charge is 0.281 e. The molecule has 0 saturated carbocycles. The molecule has 122 valence electrons. The summed E-state index contributed by atoms with van der Waals surface area (Å²) in [5.74, 6) is 0. The molecule has 3 heterocycles. The number of rotatable bonds is 3. The van der Waals surface area contributed by atoms with E-state index in [1.54, 1.807) is 0 Å². The first kappa shape index (κ1) is 14.9. The van der Waals surface area contributed by atoms with Gasteiger partial charge in [-0.3, -0.25) is 5.10 Å². The van der Waals surface area contributed by atoms with E-state index in [1.807, 2.05) is 28.7 Å². The predicted octanol–water partition coefficient (Wildman–Crippen LogP) is 5.76. The summed E-state index contributed by atoms with van der Waals surface area (Å²) in [5.41, 5.74) is 4.54. The highest BCUT2D eigenvalue weighted by atomic mass is 32.1. The Hall–Kier alpha value is -2.43. The predicted molar refractivity (Wildman–Crippen MR) is 106 cm³/mol. The van der Waals surface area contributed by atoms with Gasteiger partial charge in [0.1, 0.15) is 0 Å². The molecule has 0 saturated heterocycles. The Balaban J connectivity index is 1.65.